The lowest BCUT2D eigenvalue weighted by atomic mass is 9.95. The van der Waals surface area contributed by atoms with E-state index in [2.05, 4.69) is 9.98 Å². The molecule has 4 heteroatoms. The molecule has 0 aromatic carbocycles. The van der Waals surface area contributed by atoms with E-state index < -0.39 is 0 Å². The van der Waals surface area contributed by atoms with E-state index in [1.807, 2.05) is 18.2 Å². The number of aliphatic imine (C=N–C) groups is 2. The monoisotopic (exact) mass is 220 g/mol. The molecule has 0 aromatic rings. The average molecular weight is 221 g/mol. The van der Waals surface area contributed by atoms with E-state index in [-0.39, 0.29) is 11.4 Å². The maximum Gasteiger partial charge on any atom is 0.367 e. The molecule has 2 amide bonds. The van der Waals surface area contributed by atoms with Gasteiger partial charge in [0.1, 0.15) is 0 Å². The molecule has 3 aliphatic rings. The highest BCUT2D eigenvalue weighted by Crippen LogP contribution is 2.36. The van der Waals surface area contributed by atoms with Crippen LogP contribution in [0.1, 0.15) is 12.8 Å². The number of urea groups is 1. The fourth-order valence-electron chi connectivity index (χ4n) is 1.85. The first kappa shape index (κ1) is 9.04. The van der Waals surface area contributed by atoms with E-state index in [9.17, 15) is 4.79 Å². The molecule has 0 bridgehead atoms. The molecule has 2 aliphatic carbocycles. The van der Waals surface area contributed by atoms with Crippen molar-refractivity contribution in [2.75, 3.05) is 0 Å². The summed E-state index contributed by atoms with van der Waals surface area (Å²) in [5, 5.41) is -0.115. The van der Waals surface area contributed by atoms with Gasteiger partial charge in [-0.2, -0.15) is 9.98 Å². The predicted octanol–water partition coefficient (Wildman–Crippen LogP) is 2.52. The van der Waals surface area contributed by atoms with Crippen molar-refractivity contribution in [2.45, 2.75) is 18.2 Å². The number of hydrogen-bond donors (Lipinski definition) is 0. The molecule has 1 unspecified atom stereocenters. The molecule has 1 aliphatic heterocycles. The fraction of sp³-hybridized carbons (Fsp3) is 0.364. The summed E-state index contributed by atoms with van der Waals surface area (Å²) in [6.07, 6.45) is 7.79. The third-order valence-corrected chi connectivity index (χ3v) is 2.98. The van der Waals surface area contributed by atoms with Gasteiger partial charge in [-0.1, -0.05) is 12.2 Å². The molecule has 1 heterocycles. The van der Waals surface area contributed by atoms with E-state index in [0.717, 1.165) is 24.1 Å². The van der Waals surface area contributed by atoms with Crippen molar-refractivity contribution in [3.05, 3.63) is 23.8 Å². The van der Waals surface area contributed by atoms with Gasteiger partial charge >= 0.3 is 6.03 Å². The van der Waals surface area contributed by atoms with Crippen LogP contribution in [-0.4, -0.2) is 22.8 Å². The van der Waals surface area contributed by atoms with Crippen LogP contribution in [0.15, 0.2) is 33.8 Å². The Balaban J connectivity index is 2.05. The summed E-state index contributed by atoms with van der Waals surface area (Å²) in [5.41, 5.74) is 2.56. The van der Waals surface area contributed by atoms with Crippen LogP contribution in [0.3, 0.4) is 0 Å². The van der Waals surface area contributed by atoms with Crippen molar-refractivity contribution in [3.8, 4) is 0 Å². The Labute approximate surface area is 92.2 Å². The Morgan fingerprint density at radius 3 is 2.87 bits per heavy atom. The van der Waals surface area contributed by atoms with Crippen molar-refractivity contribution in [1.29, 1.82) is 0 Å². The number of carbonyl (C=O) groups excluding carboxylic acids is 1. The van der Waals surface area contributed by atoms with Crippen molar-refractivity contribution in [2.24, 2.45) is 15.9 Å². The number of alkyl halides is 1. The zero-order valence-electron chi connectivity index (χ0n) is 7.98. The van der Waals surface area contributed by atoms with E-state index in [1.165, 1.54) is 0 Å². The number of amides is 2. The molecule has 0 N–H and O–H groups in total. The molecular formula is C11H9ClN2O. The first-order chi connectivity index (χ1) is 7.24. The largest absolute Gasteiger partial charge is 0.367 e. The van der Waals surface area contributed by atoms with Crippen molar-refractivity contribution in [3.63, 3.8) is 0 Å². The SMILES string of the molecule is O=C1N=C2C=CC(Cl)C=C2C(C2CC2)=N1. The zero-order valence-corrected chi connectivity index (χ0v) is 8.74. The smallest absolute Gasteiger partial charge is 0.244 e. The highest BCUT2D eigenvalue weighted by molar-refractivity contribution is 6.36. The van der Waals surface area contributed by atoms with Crippen LogP contribution in [0.25, 0.3) is 0 Å². The predicted molar refractivity (Wildman–Crippen MR) is 59.9 cm³/mol. The summed E-state index contributed by atoms with van der Waals surface area (Å²) in [5.74, 6) is 0.445. The fourth-order valence-corrected chi connectivity index (χ4v) is 2.05. The Morgan fingerprint density at radius 1 is 1.33 bits per heavy atom. The number of nitrogens with zero attached hydrogens (tertiary/aromatic N) is 2. The van der Waals surface area contributed by atoms with E-state index in [0.29, 0.717) is 11.6 Å². The first-order valence-corrected chi connectivity index (χ1v) is 5.44. The lowest BCUT2D eigenvalue weighted by Gasteiger charge is -2.18. The van der Waals surface area contributed by atoms with Crippen LogP contribution in [0.4, 0.5) is 4.79 Å². The second kappa shape index (κ2) is 3.14. The maximum absolute atomic E-state index is 11.3. The topological polar surface area (TPSA) is 41.8 Å². The molecular weight excluding hydrogens is 212 g/mol. The van der Waals surface area contributed by atoms with Crippen molar-refractivity contribution in [1.82, 2.24) is 0 Å². The molecule has 15 heavy (non-hydrogen) atoms. The third kappa shape index (κ3) is 1.57. The van der Waals surface area contributed by atoms with Crippen LogP contribution >= 0.6 is 11.6 Å². The Kier molecular flexibility index (Phi) is 1.89. The lowest BCUT2D eigenvalue weighted by Crippen LogP contribution is -2.23. The summed E-state index contributed by atoms with van der Waals surface area (Å²) in [6.45, 7) is 0. The van der Waals surface area contributed by atoms with Gasteiger partial charge in [-0.05, 0) is 18.9 Å². The summed E-state index contributed by atoms with van der Waals surface area (Å²) < 4.78 is 0. The van der Waals surface area contributed by atoms with Gasteiger partial charge in [0.25, 0.3) is 0 Å². The minimum Gasteiger partial charge on any atom is -0.244 e. The van der Waals surface area contributed by atoms with Crippen LogP contribution in [0.2, 0.25) is 0 Å². The van der Waals surface area contributed by atoms with E-state index in [4.69, 9.17) is 11.6 Å². The van der Waals surface area contributed by atoms with Crippen LogP contribution < -0.4 is 0 Å². The Bertz CT molecular complexity index is 455. The number of rotatable bonds is 1. The number of halogens is 1. The maximum atomic E-state index is 11.3. The number of allylic oxidation sites excluding steroid dienone is 4. The zero-order chi connectivity index (χ0) is 10.4. The van der Waals surface area contributed by atoms with Gasteiger partial charge < -0.3 is 0 Å². The van der Waals surface area contributed by atoms with Crippen molar-refractivity contribution < 1.29 is 4.79 Å². The highest BCUT2D eigenvalue weighted by atomic mass is 35.5. The van der Waals surface area contributed by atoms with Gasteiger partial charge in [0.15, 0.2) is 0 Å². The van der Waals surface area contributed by atoms with Gasteiger partial charge in [-0.25, -0.2) is 4.79 Å². The quantitative estimate of drug-likeness (QED) is 0.626. The normalized spacial score (nSPS) is 29.3. The molecule has 76 valence electrons. The molecule has 0 aromatic heterocycles. The second-order valence-electron chi connectivity index (χ2n) is 3.93. The Hall–Kier alpha value is -1.22. The molecule has 1 fully saturated rings. The van der Waals surface area contributed by atoms with Gasteiger partial charge in [-0.15, -0.1) is 11.6 Å². The van der Waals surface area contributed by atoms with Gasteiger partial charge in [0.05, 0.1) is 16.8 Å². The summed E-state index contributed by atoms with van der Waals surface area (Å²) in [7, 11) is 0. The number of fused-ring (bicyclic) bond motifs is 1. The molecule has 3 rings (SSSR count). The van der Waals surface area contributed by atoms with Crippen LogP contribution in [-0.2, 0) is 0 Å². The number of hydrogen-bond acceptors (Lipinski definition) is 1. The summed E-state index contributed by atoms with van der Waals surface area (Å²) >= 11 is 6.01. The summed E-state index contributed by atoms with van der Waals surface area (Å²) in [4.78, 5) is 19.1. The first-order valence-electron chi connectivity index (χ1n) is 5.00. The third-order valence-electron chi connectivity index (χ3n) is 2.71. The van der Waals surface area contributed by atoms with Crippen LogP contribution in [0.5, 0.6) is 0 Å². The minimum absolute atomic E-state index is 0.115. The van der Waals surface area contributed by atoms with Crippen molar-refractivity contribution >= 4 is 29.1 Å². The van der Waals surface area contributed by atoms with Gasteiger partial charge in [0.2, 0.25) is 0 Å². The van der Waals surface area contributed by atoms with E-state index >= 15 is 0 Å². The molecule has 0 spiro atoms. The standard InChI is InChI=1S/C11H9ClN2O/c12-7-3-4-9-8(5-7)10(6-1-2-6)14-11(15)13-9/h3-7H,1-2H2. The second-order valence-corrected chi connectivity index (χ2v) is 4.44. The molecule has 1 saturated carbocycles. The molecule has 1 atom stereocenters. The van der Waals surface area contributed by atoms with Gasteiger partial charge in [0, 0.05) is 11.5 Å². The lowest BCUT2D eigenvalue weighted by molar-refractivity contribution is 0.257. The molecule has 0 saturated heterocycles. The average Bonchev–Trinajstić information content (AvgIpc) is 3.01. The highest BCUT2D eigenvalue weighted by Gasteiger charge is 2.34. The Morgan fingerprint density at radius 2 is 2.13 bits per heavy atom. The molecule has 3 nitrogen and oxygen atoms in total. The number of carbonyl (C=O) groups is 1. The summed E-state index contributed by atoms with van der Waals surface area (Å²) in [6, 6.07) is -0.387. The van der Waals surface area contributed by atoms with Crippen LogP contribution in [0, 0.1) is 5.92 Å². The molecule has 0 radical (unpaired) electrons. The van der Waals surface area contributed by atoms with E-state index in [1.54, 1.807) is 0 Å². The van der Waals surface area contributed by atoms with Gasteiger partial charge in [-0.3, -0.25) is 0 Å². The minimum atomic E-state index is -0.387.